The number of hydrogen-bond donors (Lipinski definition) is 2. The average Bonchev–Trinajstić information content (AvgIpc) is 2.34. The summed E-state index contributed by atoms with van der Waals surface area (Å²) in [4.78, 5) is 1.27. The first-order valence-electron chi connectivity index (χ1n) is 2.86. The molecule has 6 nitrogen and oxygen atoms in total. The van der Waals surface area contributed by atoms with Gasteiger partial charge >= 0.3 is 0 Å². The molecule has 0 fully saturated rings. The van der Waals surface area contributed by atoms with Crippen LogP contribution in [0, 0.1) is 0 Å². The van der Waals surface area contributed by atoms with Crippen LogP contribution in [-0.4, -0.2) is 31.9 Å². The molecule has 0 bridgehead atoms. The fraction of sp³-hybridized carbons (Fsp3) is 0.750. The molecule has 1 atom stereocenters. The van der Waals surface area contributed by atoms with Crippen molar-refractivity contribution in [1.29, 1.82) is 0 Å². The fourth-order valence-electron chi connectivity index (χ4n) is 0.538. The Morgan fingerprint density at radius 2 is 2.36 bits per heavy atom. The Hall–Kier alpha value is -0.720. The summed E-state index contributed by atoms with van der Waals surface area (Å²) in [5, 5.41) is 19.9. The number of halogens is 1. The molecule has 0 radical (unpaired) electrons. The summed E-state index contributed by atoms with van der Waals surface area (Å²) in [6.45, 7) is 0.117. The summed E-state index contributed by atoms with van der Waals surface area (Å²) in [5.41, 5.74) is 5.15. The maximum Gasteiger partial charge on any atom is 0.204 e. The van der Waals surface area contributed by atoms with Crippen LogP contribution in [0.25, 0.3) is 0 Å². The van der Waals surface area contributed by atoms with Crippen LogP contribution in [-0.2, 0) is 7.05 Å². The largest absolute Gasteiger partial charge is 0.384 e. The van der Waals surface area contributed by atoms with Crippen molar-refractivity contribution in [2.45, 2.75) is 6.10 Å². The SMILES string of the molecule is Cl.Cn1nnc(C(O)CN)n1. The summed E-state index contributed by atoms with van der Waals surface area (Å²) >= 11 is 0. The van der Waals surface area contributed by atoms with E-state index >= 15 is 0 Å². The molecular weight excluding hydrogens is 170 g/mol. The van der Waals surface area contributed by atoms with E-state index in [1.807, 2.05) is 0 Å². The van der Waals surface area contributed by atoms with Crippen LogP contribution < -0.4 is 5.73 Å². The Kier molecular flexibility index (Phi) is 3.94. The van der Waals surface area contributed by atoms with Gasteiger partial charge in [-0.05, 0) is 5.21 Å². The van der Waals surface area contributed by atoms with Crippen LogP contribution in [0.5, 0.6) is 0 Å². The molecule has 64 valence electrons. The normalized spacial score (nSPS) is 12.3. The first-order valence-corrected chi connectivity index (χ1v) is 2.86. The molecule has 7 heteroatoms. The van der Waals surface area contributed by atoms with E-state index in [0.717, 1.165) is 0 Å². The quantitative estimate of drug-likeness (QED) is 0.585. The van der Waals surface area contributed by atoms with Crippen molar-refractivity contribution in [3.63, 3.8) is 0 Å². The van der Waals surface area contributed by atoms with Crippen LogP contribution in [0.1, 0.15) is 11.9 Å². The smallest absolute Gasteiger partial charge is 0.204 e. The third-order valence-electron chi connectivity index (χ3n) is 1.05. The zero-order valence-corrected chi connectivity index (χ0v) is 6.82. The van der Waals surface area contributed by atoms with Crippen molar-refractivity contribution in [3.05, 3.63) is 5.82 Å². The molecule has 1 heterocycles. The summed E-state index contributed by atoms with van der Waals surface area (Å²) in [5.74, 6) is 0.269. The number of rotatable bonds is 2. The van der Waals surface area contributed by atoms with E-state index in [1.165, 1.54) is 4.80 Å². The molecule has 0 saturated carbocycles. The summed E-state index contributed by atoms with van der Waals surface area (Å²) in [7, 11) is 1.62. The Bertz CT molecular complexity index is 214. The second-order valence-corrected chi connectivity index (χ2v) is 1.89. The fourth-order valence-corrected chi connectivity index (χ4v) is 0.538. The lowest BCUT2D eigenvalue weighted by Gasteiger charge is -1.97. The maximum atomic E-state index is 9.04. The number of aromatic nitrogens is 4. The molecule has 1 rings (SSSR count). The van der Waals surface area contributed by atoms with Crippen molar-refractivity contribution in [2.75, 3.05) is 6.54 Å². The number of nitrogens with two attached hydrogens (primary N) is 1. The van der Waals surface area contributed by atoms with Crippen LogP contribution in [0.15, 0.2) is 0 Å². The number of tetrazole rings is 1. The van der Waals surface area contributed by atoms with Gasteiger partial charge in [0.1, 0.15) is 6.10 Å². The standard InChI is InChI=1S/C4H9N5O.ClH/c1-9-7-4(6-8-9)3(10)2-5;/h3,10H,2,5H2,1H3;1H. The number of aliphatic hydroxyl groups excluding tert-OH is 1. The lowest BCUT2D eigenvalue weighted by atomic mass is 10.3. The second-order valence-electron chi connectivity index (χ2n) is 1.89. The first kappa shape index (κ1) is 10.3. The lowest BCUT2D eigenvalue weighted by Crippen LogP contribution is -2.13. The van der Waals surface area contributed by atoms with E-state index in [9.17, 15) is 0 Å². The van der Waals surface area contributed by atoms with Gasteiger partial charge in [-0.15, -0.1) is 22.6 Å². The molecule has 0 aliphatic carbocycles. The highest BCUT2D eigenvalue weighted by Crippen LogP contribution is 2.00. The van der Waals surface area contributed by atoms with Gasteiger partial charge in [-0.2, -0.15) is 4.80 Å². The van der Waals surface area contributed by atoms with Crippen LogP contribution in [0.3, 0.4) is 0 Å². The van der Waals surface area contributed by atoms with Crippen molar-refractivity contribution in [3.8, 4) is 0 Å². The van der Waals surface area contributed by atoms with Gasteiger partial charge in [-0.25, -0.2) is 0 Å². The monoisotopic (exact) mass is 179 g/mol. The average molecular weight is 180 g/mol. The predicted octanol–water partition coefficient (Wildman–Crippen LogP) is -1.38. The lowest BCUT2D eigenvalue weighted by molar-refractivity contribution is 0.176. The summed E-state index contributed by atoms with van der Waals surface area (Å²) < 4.78 is 0. The molecule has 0 aliphatic rings. The molecule has 11 heavy (non-hydrogen) atoms. The van der Waals surface area contributed by atoms with Gasteiger partial charge in [0.05, 0.1) is 7.05 Å². The second kappa shape index (κ2) is 4.22. The molecular formula is C4H10ClN5O. The van der Waals surface area contributed by atoms with Crippen LogP contribution in [0.2, 0.25) is 0 Å². The molecule has 1 unspecified atom stereocenters. The number of aliphatic hydroxyl groups is 1. The Morgan fingerprint density at radius 3 is 2.73 bits per heavy atom. The van der Waals surface area contributed by atoms with Crippen LogP contribution >= 0.6 is 12.4 Å². The molecule has 0 saturated heterocycles. The van der Waals surface area contributed by atoms with E-state index in [0.29, 0.717) is 0 Å². The highest BCUT2D eigenvalue weighted by molar-refractivity contribution is 5.85. The minimum absolute atomic E-state index is 0. The van der Waals surface area contributed by atoms with Gasteiger partial charge in [-0.3, -0.25) is 0 Å². The molecule has 0 aromatic carbocycles. The van der Waals surface area contributed by atoms with Crippen molar-refractivity contribution in [1.82, 2.24) is 20.2 Å². The van der Waals surface area contributed by atoms with E-state index in [-0.39, 0.29) is 24.8 Å². The molecule has 1 aromatic heterocycles. The summed E-state index contributed by atoms with van der Waals surface area (Å²) in [6.07, 6.45) is -0.798. The third kappa shape index (κ3) is 2.41. The molecule has 3 N–H and O–H groups in total. The number of nitrogens with zero attached hydrogens (tertiary/aromatic N) is 4. The zero-order chi connectivity index (χ0) is 7.56. The van der Waals surface area contributed by atoms with Gasteiger partial charge in [0.2, 0.25) is 5.82 Å². The van der Waals surface area contributed by atoms with Gasteiger partial charge in [0.25, 0.3) is 0 Å². The van der Waals surface area contributed by atoms with E-state index in [2.05, 4.69) is 15.4 Å². The molecule has 1 aromatic rings. The van der Waals surface area contributed by atoms with Gasteiger partial charge in [0, 0.05) is 6.54 Å². The van der Waals surface area contributed by atoms with E-state index in [4.69, 9.17) is 10.8 Å². The number of hydrogen-bond acceptors (Lipinski definition) is 5. The third-order valence-corrected chi connectivity index (χ3v) is 1.05. The van der Waals surface area contributed by atoms with Gasteiger partial charge in [-0.1, -0.05) is 0 Å². The highest BCUT2D eigenvalue weighted by Gasteiger charge is 2.09. The topological polar surface area (TPSA) is 89.8 Å². The zero-order valence-electron chi connectivity index (χ0n) is 6.01. The minimum atomic E-state index is -0.798. The number of aryl methyl sites for hydroxylation is 1. The van der Waals surface area contributed by atoms with E-state index < -0.39 is 6.10 Å². The molecule has 0 aliphatic heterocycles. The minimum Gasteiger partial charge on any atom is -0.384 e. The Balaban J connectivity index is 0.000001000. The van der Waals surface area contributed by atoms with E-state index in [1.54, 1.807) is 7.05 Å². The molecule has 0 spiro atoms. The van der Waals surface area contributed by atoms with Gasteiger partial charge in [0.15, 0.2) is 0 Å². The van der Waals surface area contributed by atoms with Crippen molar-refractivity contribution >= 4 is 12.4 Å². The van der Waals surface area contributed by atoms with Crippen LogP contribution in [0.4, 0.5) is 0 Å². The maximum absolute atomic E-state index is 9.04. The Morgan fingerprint density at radius 1 is 1.73 bits per heavy atom. The van der Waals surface area contributed by atoms with Gasteiger partial charge < -0.3 is 10.8 Å². The van der Waals surface area contributed by atoms with Crippen molar-refractivity contribution < 1.29 is 5.11 Å². The summed E-state index contributed by atoms with van der Waals surface area (Å²) in [6, 6.07) is 0. The van der Waals surface area contributed by atoms with Crippen molar-refractivity contribution in [2.24, 2.45) is 12.8 Å². The Labute approximate surface area is 69.8 Å². The molecule has 0 amide bonds. The first-order chi connectivity index (χ1) is 4.74. The highest BCUT2D eigenvalue weighted by atomic mass is 35.5. The predicted molar refractivity (Wildman–Crippen MR) is 40.1 cm³/mol.